The molecule has 0 saturated carbocycles. The number of nitrogens with one attached hydrogen (secondary N) is 1. The van der Waals surface area contributed by atoms with E-state index in [-0.39, 0.29) is 5.69 Å². The van der Waals surface area contributed by atoms with Crippen LogP contribution in [0.25, 0.3) is 0 Å². The van der Waals surface area contributed by atoms with Crippen molar-refractivity contribution in [3.8, 4) is 0 Å². The van der Waals surface area contributed by atoms with Crippen molar-refractivity contribution in [1.82, 2.24) is 4.98 Å². The molecule has 1 amide bonds. The van der Waals surface area contributed by atoms with Gasteiger partial charge in [-0.3, -0.25) is 4.79 Å². The first-order chi connectivity index (χ1) is 17.0. The number of hydrogen-bond acceptors (Lipinski definition) is 7. The van der Waals surface area contributed by atoms with Crippen LogP contribution in [-0.4, -0.2) is 34.3 Å². The summed E-state index contributed by atoms with van der Waals surface area (Å²) in [5.74, 6) is -2.11. The molecule has 8 nitrogen and oxygen atoms in total. The third-order valence-electron chi connectivity index (χ3n) is 5.23. The van der Waals surface area contributed by atoms with Crippen LogP contribution < -0.4 is 11.1 Å². The standard InChI is InChI=1S/C26H22N4O4S/c27-22(31)16-34-30-23(24(32)33)21-17-35-25(28-21)29-26(18-10-4-1-5-11-18,19-12-6-2-7-13-19)20-14-8-3-9-15-20/h1-15,17H,16H2,(H2,27,31)(H,28,29)(H,32,33). The quantitative estimate of drug-likeness (QED) is 0.178. The fourth-order valence-corrected chi connectivity index (χ4v) is 4.49. The molecule has 0 unspecified atom stereocenters. The molecular weight excluding hydrogens is 464 g/mol. The molecule has 4 aromatic rings. The number of thiazole rings is 1. The molecule has 0 fully saturated rings. The van der Waals surface area contributed by atoms with E-state index in [0.29, 0.717) is 5.13 Å². The highest BCUT2D eigenvalue weighted by Crippen LogP contribution is 2.40. The van der Waals surface area contributed by atoms with Gasteiger partial charge in [0.25, 0.3) is 5.91 Å². The van der Waals surface area contributed by atoms with Crippen molar-refractivity contribution in [2.75, 3.05) is 11.9 Å². The highest BCUT2D eigenvalue weighted by Gasteiger charge is 2.37. The molecule has 3 aromatic carbocycles. The molecule has 0 radical (unpaired) electrons. The lowest BCUT2D eigenvalue weighted by atomic mass is 9.77. The van der Waals surface area contributed by atoms with Crippen LogP contribution in [0.4, 0.5) is 5.13 Å². The van der Waals surface area contributed by atoms with E-state index in [2.05, 4.69) is 15.5 Å². The summed E-state index contributed by atoms with van der Waals surface area (Å²) in [6.07, 6.45) is 0. The second kappa shape index (κ2) is 10.6. The van der Waals surface area contributed by atoms with Crippen molar-refractivity contribution in [1.29, 1.82) is 0 Å². The molecule has 0 aliphatic heterocycles. The number of carbonyl (C=O) groups is 2. The van der Waals surface area contributed by atoms with Gasteiger partial charge in [0.05, 0.1) is 0 Å². The Labute approximate surface area is 205 Å². The predicted octanol–water partition coefficient (Wildman–Crippen LogP) is 3.84. The number of carbonyl (C=O) groups excluding carboxylic acids is 1. The Morgan fingerprint density at radius 3 is 1.83 bits per heavy atom. The summed E-state index contributed by atoms with van der Waals surface area (Å²) in [7, 11) is 0. The maximum absolute atomic E-state index is 11.8. The monoisotopic (exact) mass is 486 g/mol. The van der Waals surface area contributed by atoms with Gasteiger partial charge in [0, 0.05) is 5.38 Å². The predicted molar refractivity (Wildman–Crippen MR) is 134 cm³/mol. The van der Waals surface area contributed by atoms with Crippen molar-refractivity contribution in [2.24, 2.45) is 10.9 Å². The van der Waals surface area contributed by atoms with Crippen molar-refractivity contribution in [2.45, 2.75) is 5.54 Å². The van der Waals surface area contributed by atoms with Crippen LogP contribution in [0.15, 0.2) is 102 Å². The number of rotatable bonds is 10. The molecule has 9 heteroatoms. The maximum atomic E-state index is 11.8. The molecule has 176 valence electrons. The highest BCUT2D eigenvalue weighted by atomic mass is 32.1. The number of nitrogens with two attached hydrogens (primary N) is 1. The molecule has 4 rings (SSSR count). The van der Waals surface area contributed by atoms with Gasteiger partial charge in [-0.05, 0) is 16.7 Å². The average Bonchev–Trinajstić information content (AvgIpc) is 3.34. The van der Waals surface area contributed by atoms with Gasteiger partial charge < -0.3 is 21.0 Å². The molecule has 1 heterocycles. The van der Waals surface area contributed by atoms with Gasteiger partial charge in [-0.1, -0.05) is 96.2 Å². The number of carboxylic acid groups (broad SMARTS) is 1. The minimum absolute atomic E-state index is 0.0950. The van der Waals surface area contributed by atoms with Gasteiger partial charge in [0.15, 0.2) is 11.7 Å². The Morgan fingerprint density at radius 2 is 1.40 bits per heavy atom. The molecule has 4 N–H and O–H groups in total. The normalized spacial score (nSPS) is 11.6. The highest BCUT2D eigenvalue weighted by molar-refractivity contribution is 7.14. The number of oxime groups is 1. The van der Waals surface area contributed by atoms with E-state index in [4.69, 9.17) is 10.6 Å². The summed E-state index contributed by atoms with van der Waals surface area (Å²) in [5.41, 5.74) is 6.81. The van der Waals surface area contributed by atoms with E-state index in [9.17, 15) is 14.7 Å². The number of primary amides is 1. The molecule has 0 aliphatic rings. The number of aliphatic carboxylic acids is 1. The van der Waals surface area contributed by atoms with Crippen LogP contribution in [0, 0.1) is 0 Å². The van der Waals surface area contributed by atoms with Crippen LogP contribution in [0.1, 0.15) is 22.4 Å². The van der Waals surface area contributed by atoms with Gasteiger partial charge in [0.2, 0.25) is 5.71 Å². The zero-order valence-corrected chi connectivity index (χ0v) is 19.3. The number of anilines is 1. The van der Waals surface area contributed by atoms with Gasteiger partial charge in [-0.25, -0.2) is 9.78 Å². The Morgan fingerprint density at radius 1 is 0.914 bits per heavy atom. The van der Waals surface area contributed by atoms with Crippen LogP contribution >= 0.6 is 11.3 Å². The van der Waals surface area contributed by atoms with Crippen molar-refractivity contribution in [3.05, 3.63) is 119 Å². The minimum atomic E-state index is -1.34. The number of nitrogens with zero attached hydrogens (tertiary/aromatic N) is 2. The fourth-order valence-electron chi connectivity index (χ4n) is 3.74. The first kappa shape index (κ1) is 23.7. The smallest absolute Gasteiger partial charge is 0.360 e. The zero-order valence-electron chi connectivity index (χ0n) is 18.5. The Hall–Kier alpha value is -4.50. The number of aromatic nitrogens is 1. The third kappa shape index (κ3) is 5.20. The van der Waals surface area contributed by atoms with Crippen LogP contribution in [0.5, 0.6) is 0 Å². The summed E-state index contributed by atoms with van der Waals surface area (Å²) < 4.78 is 0. The Kier molecular flexibility index (Phi) is 7.18. The molecule has 35 heavy (non-hydrogen) atoms. The fraction of sp³-hybridized carbons (Fsp3) is 0.0769. The van der Waals surface area contributed by atoms with E-state index >= 15 is 0 Å². The van der Waals surface area contributed by atoms with Gasteiger partial charge in [0.1, 0.15) is 11.2 Å². The van der Waals surface area contributed by atoms with Gasteiger partial charge in [-0.15, -0.1) is 11.3 Å². The van der Waals surface area contributed by atoms with E-state index in [1.165, 1.54) is 11.3 Å². The Balaban J connectivity index is 1.82. The topological polar surface area (TPSA) is 127 Å². The molecule has 0 saturated heterocycles. The Bertz CT molecular complexity index is 1230. The molecule has 0 aliphatic carbocycles. The number of benzene rings is 3. The van der Waals surface area contributed by atoms with Gasteiger partial charge >= 0.3 is 5.97 Å². The first-order valence-corrected chi connectivity index (χ1v) is 11.5. The van der Waals surface area contributed by atoms with Crippen LogP contribution in [0.2, 0.25) is 0 Å². The molecule has 1 aromatic heterocycles. The van der Waals surface area contributed by atoms with Crippen molar-refractivity contribution < 1.29 is 19.5 Å². The average molecular weight is 487 g/mol. The summed E-state index contributed by atoms with van der Waals surface area (Å²) in [4.78, 5) is 31.9. The molecule has 0 bridgehead atoms. The van der Waals surface area contributed by atoms with Crippen LogP contribution in [-0.2, 0) is 20.0 Å². The molecule has 0 atom stereocenters. The van der Waals surface area contributed by atoms with E-state index in [0.717, 1.165) is 16.7 Å². The first-order valence-electron chi connectivity index (χ1n) is 10.6. The second-order valence-corrected chi connectivity index (χ2v) is 8.35. The largest absolute Gasteiger partial charge is 0.476 e. The molecule has 0 spiro atoms. The van der Waals surface area contributed by atoms with Crippen molar-refractivity contribution >= 4 is 34.1 Å². The number of carboxylic acids is 1. The summed E-state index contributed by atoms with van der Waals surface area (Å²) in [5, 5.41) is 18.7. The summed E-state index contributed by atoms with van der Waals surface area (Å²) in [6, 6.07) is 29.9. The second-order valence-electron chi connectivity index (χ2n) is 7.50. The van der Waals surface area contributed by atoms with Crippen LogP contribution in [0.3, 0.4) is 0 Å². The van der Waals surface area contributed by atoms with E-state index in [1.807, 2.05) is 91.0 Å². The zero-order chi connectivity index (χ0) is 24.7. The lowest BCUT2D eigenvalue weighted by Crippen LogP contribution is -2.38. The van der Waals surface area contributed by atoms with Crippen molar-refractivity contribution in [3.63, 3.8) is 0 Å². The molecular formula is C26H22N4O4S. The summed E-state index contributed by atoms with van der Waals surface area (Å²) >= 11 is 1.23. The lowest BCUT2D eigenvalue weighted by molar-refractivity contribution is -0.130. The number of hydrogen-bond donors (Lipinski definition) is 3. The maximum Gasteiger partial charge on any atom is 0.360 e. The SMILES string of the molecule is NC(=O)CON=C(C(=O)O)c1csc(NC(c2ccccc2)(c2ccccc2)c2ccccc2)n1. The third-order valence-corrected chi connectivity index (χ3v) is 5.98. The number of amides is 1. The minimum Gasteiger partial charge on any atom is -0.476 e. The lowest BCUT2D eigenvalue weighted by Gasteiger charge is -2.36. The van der Waals surface area contributed by atoms with Gasteiger partial charge in [-0.2, -0.15) is 0 Å². The van der Waals surface area contributed by atoms with E-state index in [1.54, 1.807) is 5.38 Å². The van der Waals surface area contributed by atoms with E-state index < -0.39 is 29.7 Å². The summed E-state index contributed by atoms with van der Waals surface area (Å²) in [6.45, 7) is -0.537.